The Hall–Kier alpha value is -0.426. The molecule has 1 aromatic rings. The highest BCUT2D eigenvalue weighted by molar-refractivity contribution is 6.74. The molecular weight excluding hydrogens is 256 g/mol. The highest BCUT2D eigenvalue weighted by Crippen LogP contribution is 2.02. The molecule has 0 aliphatic rings. The van der Waals surface area contributed by atoms with E-state index in [1.165, 1.54) is 24.2 Å². The van der Waals surface area contributed by atoms with Crippen LogP contribution in [0.4, 0.5) is 0 Å². The van der Waals surface area contributed by atoms with Gasteiger partial charge in [0.15, 0.2) is 0 Å². The molecule has 0 saturated heterocycles. The van der Waals surface area contributed by atoms with Gasteiger partial charge in [-0.05, 0) is 0 Å². The third-order valence-electron chi connectivity index (χ3n) is 3.85. The summed E-state index contributed by atoms with van der Waals surface area (Å²) in [5.74, 6) is 0. The molecule has 4 N–H and O–H groups in total. The van der Waals surface area contributed by atoms with Gasteiger partial charge in [0.05, 0.1) is 17.6 Å². The first-order valence-corrected chi connectivity index (χ1v) is 11.3. The van der Waals surface area contributed by atoms with Gasteiger partial charge in [-0.15, -0.1) is 0 Å². The molecular formula is C14H30O2Si2. The van der Waals surface area contributed by atoms with Crippen molar-refractivity contribution in [3.8, 4) is 0 Å². The number of hydrogen-bond acceptors (Lipinski definition) is 0. The van der Waals surface area contributed by atoms with Gasteiger partial charge >= 0.3 is 0 Å². The first-order chi connectivity index (χ1) is 7.76. The third kappa shape index (κ3) is 5.06. The zero-order valence-electron chi connectivity index (χ0n) is 12.3. The predicted octanol–water partition coefficient (Wildman–Crippen LogP) is 0.985. The van der Waals surface area contributed by atoms with Crippen molar-refractivity contribution in [2.24, 2.45) is 0 Å². The molecule has 0 fully saturated rings. The summed E-state index contributed by atoms with van der Waals surface area (Å²) in [4.78, 5) is 0. The van der Waals surface area contributed by atoms with E-state index in [-0.39, 0.29) is 11.0 Å². The highest BCUT2D eigenvalue weighted by atomic mass is 28.3. The summed E-state index contributed by atoms with van der Waals surface area (Å²) < 4.78 is 0. The van der Waals surface area contributed by atoms with E-state index in [4.69, 9.17) is 0 Å². The summed E-state index contributed by atoms with van der Waals surface area (Å²) in [5.41, 5.74) is 0. The van der Waals surface area contributed by atoms with Crippen LogP contribution in [0.25, 0.3) is 0 Å². The van der Waals surface area contributed by atoms with Crippen LogP contribution in [0.15, 0.2) is 24.3 Å². The van der Waals surface area contributed by atoms with E-state index < -0.39 is 17.6 Å². The van der Waals surface area contributed by atoms with Gasteiger partial charge < -0.3 is 11.0 Å². The first-order valence-electron chi connectivity index (χ1n) is 6.86. The van der Waals surface area contributed by atoms with Gasteiger partial charge in [-0.2, -0.15) is 0 Å². The van der Waals surface area contributed by atoms with Crippen LogP contribution in [0.2, 0.25) is 24.2 Å². The third-order valence-corrected chi connectivity index (χ3v) is 10.4. The average molecular weight is 287 g/mol. The predicted molar refractivity (Wildman–Crippen MR) is 89.2 cm³/mol. The molecule has 0 aliphatic heterocycles. The second-order valence-corrected chi connectivity index (χ2v) is 12.1. The molecule has 0 spiro atoms. The Morgan fingerprint density at radius 3 is 1.00 bits per heavy atom. The minimum Gasteiger partial charge on any atom is -0.412 e. The average Bonchev–Trinajstić information content (AvgIpc) is 2.34. The van der Waals surface area contributed by atoms with Crippen molar-refractivity contribution < 1.29 is 11.0 Å². The first kappa shape index (κ1) is 19.9. The minimum absolute atomic E-state index is 0. The molecule has 1 aromatic carbocycles. The second-order valence-electron chi connectivity index (χ2n) is 4.69. The summed E-state index contributed by atoms with van der Waals surface area (Å²) in [7, 11) is -1.21. The van der Waals surface area contributed by atoms with Crippen molar-refractivity contribution in [3.05, 3.63) is 24.3 Å². The van der Waals surface area contributed by atoms with E-state index in [0.29, 0.717) is 0 Å². The molecule has 0 radical (unpaired) electrons. The zero-order valence-corrected chi connectivity index (χ0v) is 14.6. The van der Waals surface area contributed by atoms with Gasteiger partial charge in [-0.3, -0.25) is 0 Å². The van der Waals surface area contributed by atoms with E-state index in [1.54, 1.807) is 10.4 Å². The van der Waals surface area contributed by atoms with Crippen LogP contribution < -0.4 is 10.4 Å². The smallest absolute Gasteiger partial charge is 0.0702 e. The SMILES string of the molecule is CC[SiH](CC)c1ccc([SiH](CC)CC)cc1.O.O. The molecule has 2 nitrogen and oxygen atoms in total. The quantitative estimate of drug-likeness (QED) is 0.700. The summed E-state index contributed by atoms with van der Waals surface area (Å²) in [6.07, 6.45) is 0. The summed E-state index contributed by atoms with van der Waals surface area (Å²) >= 11 is 0. The Morgan fingerprint density at radius 1 is 0.611 bits per heavy atom. The van der Waals surface area contributed by atoms with E-state index >= 15 is 0 Å². The molecule has 0 saturated carbocycles. The molecule has 0 aliphatic carbocycles. The number of rotatable bonds is 6. The van der Waals surface area contributed by atoms with Gasteiger partial charge in [0, 0.05) is 0 Å². The zero-order chi connectivity index (χ0) is 12.0. The Balaban J connectivity index is 0. The molecule has 0 atom stereocenters. The molecule has 106 valence electrons. The van der Waals surface area contributed by atoms with Crippen LogP contribution in [0.1, 0.15) is 27.7 Å². The van der Waals surface area contributed by atoms with Crippen molar-refractivity contribution in [1.82, 2.24) is 0 Å². The van der Waals surface area contributed by atoms with Crippen molar-refractivity contribution >= 4 is 28.0 Å². The summed E-state index contributed by atoms with van der Waals surface area (Å²) in [6, 6.07) is 15.3. The van der Waals surface area contributed by atoms with E-state index in [9.17, 15) is 0 Å². The van der Waals surface area contributed by atoms with Gasteiger partial charge in [-0.1, -0.05) is 86.5 Å². The van der Waals surface area contributed by atoms with Crippen LogP contribution >= 0.6 is 0 Å². The lowest BCUT2D eigenvalue weighted by atomic mass is 10.4. The summed E-state index contributed by atoms with van der Waals surface area (Å²) in [6.45, 7) is 9.40. The Morgan fingerprint density at radius 2 is 0.833 bits per heavy atom. The molecule has 0 heterocycles. The maximum Gasteiger partial charge on any atom is 0.0702 e. The molecule has 0 unspecified atom stereocenters. The fraction of sp³-hybridized carbons (Fsp3) is 0.571. The van der Waals surface area contributed by atoms with E-state index in [2.05, 4.69) is 52.0 Å². The fourth-order valence-electron chi connectivity index (χ4n) is 2.56. The Bertz CT molecular complexity index is 262. The van der Waals surface area contributed by atoms with Gasteiger partial charge in [-0.25, -0.2) is 0 Å². The van der Waals surface area contributed by atoms with E-state index in [0.717, 1.165) is 0 Å². The fourth-order valence-corrected chi connectivity index (χ4v) is 7.07. The maximum atomic E-state index is 2.44. The number of hydrogen-bond donors (Lipinski definition) is 0. The molecule has 0 bridgehead atoms. The number of benzene rings is 1. The lowest BCUT2D eigenvalue weighted by Gasteiger charge is -2.14. The maximum absolute atomic E-state index is 2.44. The van der Waals surface area contributed by atoms with Crippen LogP contribution in [0, 0.1) is 0 Å². The molecule has 0 aromatic heterocycles. The lowest BCUT2D eigenvalue weighted by Crippen LogP contribution is -2.33. The van der Waals surface area contributed by atoms with Crippen molar-refractivity contribution in [3.63, 3.8) is 0 Å². The molecule has 1 rings (SSSR count). The van der Waals surface area contributed by atoms with Crippen LogP contribution in [0.3, 0.4) is 0 Å². The van der Waals surface area contributed by atoms with E-state index in [1.807, 2.05) is 0 Å². The lowest BCUT2D eigenvalue weighted by molar-refractivity contribution is 0.823. The van der Waals surface area contributed by atoms with Crippen LogP contribution in [-0.4, -0.2) is 28.5 Å². The van der Waals surface area contributed by atoms with Gasteiger partial charge in [0.25, 0.3) is 0 Å². The van der Waals surface area contributed by atoms with Crippen molar-refractivity contribution in [2.75, 3.05) is 0 Å². The molecule has 4 heteroatoms. The highest BCUT2D eigenvalue weighted by Gasteiger charge is 2.11. The van der Waals surface area contributed by atoms with Gasteiger partial charge in [0.1, 0.15) is 0 Å². The topological polar surface area (TPSA) is 63.0 Å². The molecule has 18 heavy (non-hydrogen) atoms. The standard InChI is InChI=1S/C14H26Si2.2H2O/c1-5-15(6-2)13-9-11-14(12-10-13)16(7-3)8-4;;/h9-12,15-16H,5-8H2,1-4H3;2*1H2. The molecule has 0 amide bonds. The minimum atomic E-state index is -0.605. The largest absolute Gasteiger partial charge is 0.412 e. The summed E-state index contributed by atoms with van der Waals surface area (Å²) in [5, 5.41) is 3.35. The second kappa shape index (κ2) is 10.5. The Kier molecular flexibility index (Phi) is 11.6. The normalized spacial score (nSPS) is 10.1. The Labute approximate surface area is 115 Å². The van der Waals surface area contributed by atoms with Crippen LogP contribution in [0.5, 0.6) is 0 Å². The van der Waals surface area contributed by atoms with Crippen LogP contribution in [-0.2, 0) is 0 Å². The van der Waals surface area contributed by atoms with Crippen molar-refractivity contribution in [2.45, 2.75) is 51.9 Å². The monoisotopic (exact) mass is 286 g/mol. The van der Waals surface area contributed by atoms with Gasteiger partial charge in [0.2, 0.25) is 0 Å². The van der Waals surface area contributed by atoms with Crippen molar-refractivity contribution in [1.29, 1.82) is 0 Å².